The maximum Gasteiger partial charge on any atom is 0.142 e. The number of fused-ring (bicyclic) bond motifs is 4. The molecular weight excluding hydrogens is 346 g/mol. The molecule has 3 aromatic rings. The highest BCUT2D eigenvalue weighted by Crippen LogP contribution is 2.32. The first-order valence-electron chi connectivity index (χ1n) is 10.3. The number of hydrogen-bond donors (Lipinski definition) is 2. The Morgan fingerprint density at radius 2 is 1.96 bits per heavy atom. The molecule has 1 atom stereocenters. The van der Waals surface area contributed by atoms with Crippen LogP contribution in [-0.2, 0) is 32.9 Å². The van der Waals surface area contributed by atoms with Crippen LogP contribution in [0, 0.1) is 0 Å². The van der Waals surface area contributed by atoms with Crippen molar-refractivity contribution in [3.63, 3.8) is 0 Å². The lowest BCUT2D eigenvalue weighted by atomic mass is 9.92. The number of rotatable bonds is 3. The van der Waals surface area contributed by atoms with Crippen LogP contribution in [0.3, 0.4) is 0 Å². The van der Waals surface area contributed by atoms with E-state index in [0.29, 0.717) is 6.04 Å². The number of benzene rings is 1. The predicted molar refractivity (Wildman–Crippen MR) is 115 cm³/mol. The van der Waals surface area contributed by atoms with Gasteiger partial charge in [-0.15, -0.1) is 0 Å². The molecule has 0 fully saturated rings. The zero-order chi connectivity index (χ0) is 19.3. The van der Waals surface area contributed by atoms with Crippen LogP contribution >= 0.6 is 0 Å². The number of nitrogens with one attached hydrogen (secondary N) is 2. The minimum absolute atomic E-state index is 0.574. The van der Waals surface area contributed by atoms with Crippen LogP contribution in [-0.4, -0.2) is 41.1 Å². The zero-order valence-electron chi connectivity index (χ0n) is 17.0. The first kappa shape index (κ1) is 17.7. The number of hydrogen-bond acceptors (Lipinski definition) is 4. The molecule has 146 valence electrons. The molecule has 2 aromatic heterocycles. The molecule has 0 amide bonds. The summed E-state index contributed by atoms with van der Waals surface area (Å²) >= 11 is 0. The number of nitrogens with zero attached hydrogens (tertiary/aromatic N) is 3. The van der Waals surface area contributed by atoms with Crippen LogP contribution in [0.1, 0.15) is 28.8 Å². The molecule has 0 radical (unpaired) electrons. The molecule has 5 rings (SSSR count). The van der Waals surface area contributed by atoms with Gasteiger partial charge in [-0.05, 0) is 80.7 Å². The van der Waals surface area contributed by atoms with Crippen LogP contribution in [0.15, 0.2) is 30.3 Å². The summed E-state index contributed by atoms with van der Waals surface area (Å²) in [6.45, 7) is 2.17. The Kier molecular flexibility index (Phi) is 4.37. The van der Waals surface area contributed by atoms with Crippen LogP contribution in [0.2, 0.25) is 0 Å². The third-order valence-corrected chi connectivity index (χ3v) is 6.54. The topological polar surface area (TPSA) is 45.1 Å². The summed E-state index contributed by atoms with van der Waals surface area (Å²) < 4.78 is 2.30. The van der Waals surface area contributed by atoms with Gasteiger partial charge in [0, 0.05) is 42.9 Å². The molecule has 3 heterocycles. The maximum absolute atomic E-state index is 4.97. The van der Waals surface area contributed by atoms with Crippen molar-refractivity contribution in [1.29, 1.82) is 0 Å². The second-order valence-corrected chi connectivity index (χ2v) is 8.38. The smallest absolute Gasteiger partial charge is 0.142 e. The second kappa shape index (κ2) is 6.90. The molecule has 1 aromatic carbocycles. The molecule has 0 spiro atoms. The summed E-state index contributed by atoms with van der Waals surface area (Å²) in [5.74, 6) is 0.916. The van der Waals surface area contributed by atoms with Gasteiger partial charge in [-0.2, -0.15) is 0 Å². The van der Waals surface area contributed by atoms with Crippen molar-refractivity contribution in [2.45, 2.75) is 38.3 Å². The normalized spacial score (nSPS) is 19.5. The van der Waals surface area contributed by atoms with Gasteiger partial charge in [0.1, 0.15) is 11.5 Å². The van der Waals surface area contributed by atoms with Crippen LogP contribution < -0.4 is 10.6 Å². The fourth-order valence-electron chi connectivity index (χ4n) is 4.87. The molecule has 1 aliphatic heterocycles. The number of aromatic nitrogens is 2. The molecule has 0 bridgehead atoms. The standard InChI is InChI=1S/C23H29N5/c1-24-17-6-8-21-20(13-17)19-7-9-22(26-23(19)28(21)3)25-18-5-4-15-10-11-27(2)14-16(15)12-18/h4-5,7,9,12,17,24H,6,8,10-11,13-14H2,1-3H3,(H,25,26). The summed E-state index contributed by atoms with van der Waals surface area (Å²) in [7, 11) is 6.41. The molecule has 1 unspecified atom stereocenters. The van der Waals surface area contributed by atoms with Gasteiger partial charge in [-0.25, -0.2) is 4.98 Å². The zero-order valence-corrected chi connectivity index (χ0v) is 17.0. The molecule has 28 heavy (non-hydrogen) atoms. The van der Waals surface area contributed by atoms with Crippen LogP contribution in [0.4, 0.5) is 11.5 Å². The van der Waals surface area contributed by atoms with E-state index in [1.165, 1.54) is 34.2 Å². The molecule has 5 heteroatoms. The molecule has 0 saturated carbocycles. The van der Waals surface area contributed by atoms with E-state index in [4.69, 9.17) is 4.98 Å². The Morgan fingerprint density at radius 1 is 1.07 bits per heavy atom. The van der Waals surface area contributed by atoms with Gasteiger partial charge in [0.2, 0.25) is 0 Å². The molecule has 2 aliphatic rings. The van der Waals surface area contributed by atoms with Gasteiger partial charge in [0.25, 0.3) is 0 Å². The first-order valence-corrected chi connectivity index (χ1v) is 10.3. The van der Waals surface area contributed by atoms with Crippen molar-refractivity contribution in [1.82, 2.24) is 19.8 Å². The van der Waals surface area contributed by atoms with Crippen LogP contribution in [0.25, 0.3) is 11.0 Å². The summed E-state index contributed by atoms with van der Waals surface area (Å²) in [5, 5.41) is 8.28. The van der Waals surface area contributed by atoms with Gasteiger partial charge in [-0.1, -0.05) is 6.07 Å². The lowest BCUT2D eigenvalue weighted by Gasteiger charge is -2.25. The maximum atomic E-state index is 4.97. The third kappa shape index (κ3) is 2.99. The Morgan fingerprint density at radius 3 is 2.82 bits per heavy atom. The van der Waals surface area contributed by atoms with E-state index in [9.17, 15) is 0 Å². The van der Waals surface area contributed by atoms with Gasteiger partial charge in [0.05, 0.1) is 0 Å². The van der Waals surface area contributed by atoms with E-state index in [1.54, 1.807) is 0 Å². The summed E-state index contributed by atoms with van der Waals surface area (Å²) in [4.78, 5) is 7.35. The number of aryl methyl sites for hydroxylation is 1. The van der Waals surface area contributed by atoms with E-state index in [2.05, 4.69) is 71.6 Å². The van der Waals surface area contributed by atoms with Gasteiger partial charge >= 0.3 is 0 Å². The highest BCUT2D eigenvalue weighted by Gasteiger charge is 2.24. The SMILES string of the molecule is CNC1CCc2c(c3ccc(Nc4ccc5c(c4)CN(C)CC5)nc3n2C)C1. The summed E-state index contributed by atoms with van der Waals surface area (Å²) in [6, 6.07) is 11.7. The average molecular weight is 376 g/mol. The van der Waals surface area contributed by atoms with E-state index in [-0.39, 0.29) is 0 Å². The van der Waals surface area contributed by atoms with Crippen molar-refractivity contribution in [2.75, 3.05) is 26.0 Å². The molecule has 2 N–H and O–H groups in total. The highest BCUT2D eigenvalue weighted by atomic mass is 15.1. The quantitative estimate of drug-likeness (QED) is 0.737. The Hall–Kier alpha value is -2.37. The largest absolute Gasteiger partial charge is 0.340 e. The third-order valence-electron chi connectivity index (χ3n) is 6.54. The second-order valence-electron chi connectivity index (χ2n) is 8.38. The van der Waals surface area contributed by atoms with Crippen molar-refractivity contribution >= 4 is 22.5 Å². The minimum Gasteiger partial charge on any atom is -0.340 e. The van der Waals surface area contributed by atoms with Crippen molar-refractivity contribution in [2.24, 2.45) is 7.05 Å². The lowest BCUT2D eigenvalue weighted by Crippen LogP contribution is -2.31. The number of likely N-dealkylation sites (N-methyl/N-ethyl adjacent to an activating group) is 2. The average Bonchev–Trinajstić information content (AvgIpc) is 2.99. The molecule has 5 nitrogen and oxygen atoms in total. The molecular formula is C23H29N5. The Bertz CT molecular complexity index is 1040. The van der Waals surface area contributed by atoms with E-state index in [0.717, 1.165) is 49.5 Å². The lowest BCUT2D eigenvalue weighted by molar-refractivity contribution is 0.313. The predicted octanol–water partition coefficient (Wildman–Crippen LogP) is 3.38. The first-order chi connectivity index (χ1) is 13.6. The van der Waals surface area contributed by atoms with Crippen molar-refractivity contribution < 1.29 is 0 Å². The molecule has 1 aliphatic carbocycles. The fourth-order valence-corrected chi connectivity index (χ4v) is 4.87. The number of anilines is 2. The fraction of sp³-hybridized carbons (Fsp3) is 0.435. The summed E-state index contributed by atoms with van der Waals surface area (Å²) in [5.41, 5.74) is 8.02. The van der Waals surface area contributed by atoms with E-state index < -0.39 is 0 Å². The van der Waals surface area contributed by atoms with Crippen molar-refractivity contribution in [3.8, 4) is 0 Å². The van der Waals surface area contributed by atoms with Crippen LogP contribution in [0.5, 0.6) is 0 Å². The summed E-state index contributed by atoms with van der Waals surface area (Å²) in [6.07, 6.45) is 4.55. The van der Waals surface area contributed by atoms with Gasteiger partial charge in [-0.3, -0.25) is 0 Å². The Labute approximate surface area is 166 Å². The van der Waals surface area contributed by atoms with Gasteiger partial charge in [0.15, 0.2) is 0 Å². The Balaban J connectivity index is 1.46. The van der Waals surface area contributed by atoms with E-state index >= 15 is 0 Å². The highest BCUT2D eigenvalue weighted by molar-refractivity contribution is 5.84. The van der Waals surface area contributed by atoms with Gasteiger partial charge < -0.3 is 20.1 Å². The number of pyridine rings is 1. The monoisotopic (exact) mass is 375 g/mol. The minimum atomic E-state index is 0.574. The van der Waals surface area contributed by atoms with Crippen molar-refractivity contribution in [3.05, 3.63) is 52.7 Å². The van der Waals surface area contributed by atoms with E-state index in [1.807, 2.05) is 0 Å². The molecule has 0 saturated heterocycles.